The number of hydrogen-bond donors (Lipinski definition) is 0. The molecule has 172 valence electrons. The van der Waals surface area contributed by atoms with Crippen LogP contribution in [0.1, 0.15) is 65.2 Å². The van der Waals surface area contributed by atoms with Gasteiger partial charge in [-0.05, 0) is 113 Å². The number of Topliss-reactive ketones (excluding diaryl/α,β-unsaturated/α-hetero) is 1. The molecule has 0 unspecified atom stereocenters. The maximum Gasteiger partial charge on any atom is 0.184 e. The van der Waals surface area contributed by atoms with Crippen LogP contribution in [0.3, 0.4) is 0 Å². The van der Waals surface area contributed by atoms with Crippen molar-refractivity contribution < 1.29 is 13.6 Å². The molecule has 4 fully saturated rings. The molecule has 0 amide bonds. The minimum atomic E-state index is -1.69. The van der Waals surface area contributed by atoms with Gasteiger partial charge in [0.15, 0.2) is 16.6 Å². The van der Waals surface area contributed by atoms with Gasteiger partial charge in [0.2, 0.25) is 0 Å². The highest BCUT2D eigenvalue weighted by atomic mass is 28.4. The summed E-state index contributed by atoms with van der Waals surface area (Å²) < 4.78 is 13.5. The fraction of sp³-hybridized carbons (Fsp3) is 0.960. The van der Waals surface area contributed by atoms with Gasteiger partial charge in [-0.1, -0.05) is 13.8 Å². The van der Waals surface area contributed by atoms with E-state index in [4.69, 9.17) is 8.85 Å². The quantitative estimate of drug-likeness (QED) is 0.450. The van der Waals surface area contributed by atoms with Gasteiger partial charge in [0.05, 0.1) is 0 Å². The van der Waals surface area contributed by atoms with Crippen LogP contribution in [0.15, 0.2) is 0 Å². The predicted molar refractivity (Wildman–Crippen MR) is 129 cm³/mol. The van der Waals surface area contributed by atoms with Crippen LogP contribution in [0.2, 0.25) is 39.3 Å². The lowest BCUT2D eigenvalue weighted by Crippen LogP contribution is -2.61. The third-order valence-electron chi connectivity index (χ3n) is 9.26. The highest BCUT2D eigenvalue weighted by molar-refractivity contribution is 6.70. The summed E-state index contributed by atoms with van der Waals surface area (Å²) in [6, 6.07) is 0. The molecule has 4 rings (SSSR count). The Hall–Kier alpha value is 0.0238. The van der Waals surface area contributed by atoms with Crippen molar-refractivity contribution in [2.24, 2.45) is 34.5 Å². The number of rotatable bonds is 4. The van der Waals surface area contributed by atoms with Crippen molar-refractivity contribution >= 4 is 22.4 Å². The Kier molecular flexibility index (Phi) is 5.82. The molecule has 0 aromatic heterocycles. The Labute approximate surface area is 187 Å². The van der Waals surface area contributed by atoms with Gasteiger partial charge in [0.1, 0.15) is 5.78 Å². The van der Waals surface area contributed by atoms with Crippen LogP contribution in [0.25, 0.3) is 0 Å². The van der Waals surface area contributed by atoms with E-state index in [0.717, 1.165) is 25.2 Å². The normalized spacial score (nSPS) is 46.9. The second-order valence-electron chi connectivity index (χ2n) is 13.6. The first-order chi connectivity index (χ1) is 13.7. The van der Waals surface area contributed by atoms with Gasteiger partial charge in [0, 0.05) is 24.0 Å². The summed E-state index contributed by atoms with van der Waals surface area (Å²) in [4.78, 5) is 13.0. The summed E-state index contributed by atoms with van der Waals surface area (Å²) in [5.74, 6) is 3.16. The average molecular weight is 451 g/mol. The smallest absolute Gasteiger partial charge is 0.184 e. The monoisotopic (exact) mass is 450 g/mol. The van der Waals surface area contributed by atoms with Crippen molar-refractivity contribution in [3.8, 4) is 0 Å². The van der Waals surface area contributed by atoms with Crippen LogP contribution in [0, 0.1) is 34.5 Å². The Morgan fingerprint density at radius 3 is 2.20 bits per heavy atom. The lowest BCUT2D eigenvalue weighted by atomic mass is 9.44. The summed E-state index contributed by atoms with van der Waals surface area (Å²) in [7, 11) is -3.18. The molecule has 0 N–H and O–H groups in total. The molecule has 0 heterocycles. The lowest BCUT2D eigenvalue weighted by molar-refractivity contribution is -0.170. The zero-order valence-electron chi connectivity index (χ0n) is 20.8. The van der Waals surface area contributed by atoms with Crippen LogP contribution in [-0.2, 0) is 13.6 Å². The zero-order chi connectivity index (χ0) is 22.1. The second kappa shape index (κ2) is 7.53. The molecule has 0 aromatic rings. The van der Waals surface area contributed by atoms with Crippen LogP contribution in [-0.4, -0.2) is 34.6 Å². The van der Waals surface area contributed by atoms with Gasteiger partial charge in [-0.15, -0.1) is 0 Å². The molecule has 30 heavy (non-hydrogen) atoms. The summed E-state index contributed by atoms with van der Waals surface area (Å²) >= 11 is 0. The van der Waals surface area contributed by atoms with E-state index in [2.05, 4.69) is 53.1 Å². The second-order valence-corrected chi connectivity index (χ2v) is 22.5. The molecule has 4 aliphatic carbocycles. The van der Waals surface area contributed by atoms with Crippen molar-refractivity contribution in [3.63, 3.8) is 0 Å². The summed E-state index contributed by atoms with van der Waals surface area (Å²) in [5, 5.41) is 0. The van der Waals surface area contributed by atoms with Crippen molar-refractivity contribution in [2.45, 2.75) is 117 Å². The highest BCUT2D eigenvalue weighted by Gasteiger charge is 2.64. The van der Waals surface area contributed by atoms with Crippen molar-refractivity contribution in [1.82, 2.24) is 0 Å². The maximum absolute atomic E-state index is 13.0. The Morgan fingerprint density at radius 1 is 0.900 bits per heavy atom. The molecule has 8 atom stereocenters. The SMILES string of the molecule is C[C@]12CC[C@@H](O[Si](C)(C)C)C[C@@H]1CC[C@@H]1[C@@H]2[C@@H](O[Si](C)(C)C)C[C@]2(C)C(=O)CC[C@@H]12. The third-order valence-corrected chi connectivity index (χ3v) is 11.3. The fourth-order valence-corrected chi connectivity index (χ4v) is 10.6. The van der Waals surface area contributed by atoms with Gasteiger partial charge in [-0.2, -0.15) is 0 Å². The van der Waals surface area contributed by atoms with E-state index in [0.29, 0.717) is 35.1 Å². The molecule has 4 saturated carbocycles. The zero-order valence-corrected chi connectivity index (χ0v) is 22.8. The molecular formula is C25H46O3Si2. The average Bonchev–Trinajstić information content (AvgIpc) is 2.87. The van der Waals surface area contributed by atoms with Crippen LogP contribution in [0.4, 0.5) is 0 Å². The molecule has 0 radical (unpaired) electrons. The molecule has 0 bridgehead atoms. The van der Waals surface area contributed by atoms with Gasteiger partial charge >= 0.3 is 0 Å². The van der Waals surface area contributed by atoms with Crippen LogP contribution >= 0.6 is 0 Å². The lowest BCUT2D eigenvalue weighted by Gasteiger charge is -2.63. The van der Waals surface area contributed by atoms with Gasteiger partial charge < -0.3 is 8.85 Å². The molecular weight excluding hydrogens is 404 g/mol. The van der Waals surface area contributed by atoms with E-state index < -0.39 is 16.6 Å². The summed E-state index contributed by atoms with van der Waals surface area (Å²) in [5.41, 5.74) is 0.215. The fourth-order valence-electron chi connectivity index (χ4n) is 8.25. The Morgan fingerprint density at radius 2 is 1.57 bits per heavy atom. The summed E-state index contributed by atoms with van der Waals surface area (Å²) in [6.45, 7) is 18.9. The molecule has 0 spiro atoms. The van der Waals surface area contributed by atoms with Crippen molar-refractivity contribution in [3.05, 3.63) is 0 Å². The molecule has 0 aliphatic heterocycles. The Bertz CT molecular complexity index is 681. The summed E-state index contributed by atoms with van der Waals surface area (Å²) in [6.07, 6.45) is 9.97. The first-order valence-electron chi connectivity index (χ1n) is 12.6. The van der Waals surface area contributed by atoms with Crippen LogP contribution < -0.4 is 0 Å². The largest absolute Gasteiger partial charge is 0.415 e. The third kappa shape index (κ3) is 4.06. The van der Waals surface area contributed by atoms with Gasteiger partial charge in [-0.3, -0.25) is 4.79 Å². The minimum absolute atomic E-state index is 0.132. The maximum atomic E-state index is 13.0. The number of carbonyl (C=O) groups is 1. The Balaban J connectivity index is 1.64. The molecule has 3 nitrogen and oxygen atoms in total. The predicted octanol–water partition coefficient (Wildman–Crippen LogP) is 6.65. The van der Waals surface area contributed by atoms with Gasteiger partial charge in [0.25, 0.3) is 0 Å². The standard InChI is InChI=1S/C25H46O3Si2/c1-24-14-13-18(27-29(3,4)5)15-17(24)9-10-19-20-11-12-22(26)25(20,2)16-21(23(19)24)28-30(6,7)8/h17-21,23H,9-16H2,1-8H3/t17-,18+,19-,20-,21-,23+,24-,25-/m0/s1. The minimum Gasteiger partial charge on any atom is -0.415 e. The van der Waals surface area contributed by atoms with Crippen LogP contribution in [0.5, 0.6) is 0 Å². The van der Waals surface area contributed by atoms with E-state index in [9.17, 15) is 4.79 Å². The number of hydrogen-bond acceptors (Lipinski definition) is 3. The van der Waals surface area contributed by atoms with E-state index in [1.165, 1.54) is 32.1 Å². The van der Waals surface area contributed by atoms with E-state index in [1.807, 2.05) is 0 Å². The topological polar surface area (TPSA) is 35.5 Å². The number of ketones is 1. The van der Waals surface area contributed by atoms with E-state index in [1.54, 1.807) is 0 Å². The number of carbonyl (C=O) groups excluding carboxylic acids is 1. The molecule has 4 aliphatic rings. The number of fused-ring (bicyclic) bond motifs is 5. The first kappa shape index (κ1) is 23.2. The molecule has 0 saturated heterocycles. The van der Waals surface area contributed by atoms with E-state index >= 15 is 0 Å². The molecule has 0 aromatic carbocycles. The van der Waals surface area contributed by atoms with E-state index in [-0.39, 0.29) is 11.5 Å². The molecule has 5 heteroatoms. The van der Waals surface area contributed by atoms with Crippen molar-refractivity contribution in [1.29, 1.82) is 0 Å². The van der Waals surface area contributed by atoms with Gasteiger partial charge in [-0.25, -0.2) is 0 Å². The van der Waals surface area contributed by atoms with Crippen molar-refractivity contribution in [2.75, 3.05) is 0 Å². The first-order valence-corrected chi connectivity index (χ1v) is 19.4. The highest BCUT2D eigenvalue weighted by Crippen LogP contribution is 2.66.